The highest BCUT2D eigenvalue weighted by atomic mass is 35.5. The van der Waals surface area contributed by atoms with E-state index in [-0.39, 0.29) is 16.7 Å². The van der Waals surface area contributed by atoms with Gasteiger partial charge in [0.1, 0.15) is 0 Å². The summed E-state index contributed by atoms with van der Waals surface area (Å²) in [5, 5.41) is 3.04. The first-order valence-corrected chi connectivity index (χ1v) is 7.35. The van der Waals surface area contributed by atoms with Crippen LogP contribution in [0.5, 0.6) is 0 Å². The van der Waals surface area contributed by atoms with Gasteiger partial charge in [-0.1, -0.05) is 23.7 Å². The number of pyridine rings is 1. The predicted molar refractivity (Wildman–Crippen MR) is 83.6 cm³/mol. The fraction of sp³-hybridized carbons (Fsp3) is 0.0714. The molecule has 0 aliphatic rings. The first-order chi connectivity index (χ1) is 10.1. The first-order valence-electron chi connectivity index (χ1n) is 5.99. The Bertz CT molecular complexity index is 679. The van der Waals surface area contributed by atoms with Crippen molar-refractivity contribution >= 4 is 40.9 Å². The molecule has 0 atom stereocenters. The molecule has 21 heavy (non-hydrogen) atoms. The summed E-state index contributed by atoms with van der Waals surface area (Å²) < 4.78 is 0. The van der Waals surface area contributed by atoms with Crippen molar-refractivity contribution < 1.29 is 9.59 Å². The maximum atomic E-state index is 12.2. The molecule has 0 unspecified atom stereocenters. The monoisotopic (exact) mass is 321 g/mol. The van der Waals surface area contributed by atoms with Crippen molar-refractivity contribution in [3.05, 3.63) is 53.3 Å². The molecule has 108 valence electrons. The molecule has 0 aliphatic heterocycles. The van der Waals surface area contributed by atoms with Crippen molar-refractivity contribution in [2.75, 3.05) is 11.1 Å². The Morgan fingerprint density at radius 2 is 2.05 bits per heavy atom. The number of anilines is 1. The lowest BCUT2D eigenvalue weighted by Crippen LogP contribution is -2.15. The summed E-state index contributed by atoms with van der Waals surface area (Å²) in [6.07, 6.45) is 2.90. The normalized spacial score (nSPS) is 10.1. The number of hydrogen-bond acceptors (Lipinski definition) is 4. The summed E-state index contributed by atoms with van der Waals surface area (Å²) in [5.41, 5.74) is 6.06. The topological polar surface area (TPSA) is 85.1 Å². The number of nitrogens with two attached hydrogens (primary N) is 1. The second-order valence-corrected chi connectivity index (χ2v) is 5.49. The van der Waals surface area contributed by atoms with Crippen molar-refractivity contribution in [2.24, 2.45) is 5.73 Å². The van der Waals surface area contributed by atoms with Crippen LogP contribution >= 0.6 is 23.4 Å². The molecule has 0 aliphatic carbocycles. The third-order valence-corrected chi connectivity index (χ3v) is 3.92. The standard InChI is InChI=1S/C14H12ClN3O2S/c15-10-7-17-6-5-9(10)14(20)18-11-3-1-2-4-12(11)21-8-13(16)19/h1-7H,8H2,(H2,16,19)(H,18,20). The van der Waals surface area contributed by atoms with Gasteiger partial charge in [-0.25, -0.2) is 0 Å². The maximum Gasteiger partial charge on any atom is 0.257 e. The third kappa shape index (κ3) is 4.21. The minimum absolute atomic E-state index is 0.142. The van der Waals surface area contributed by atoms with Crippen LogP contribution in [0.4, 0.5) is 5.69 Å². The molecule has 1 aromatic heterocycles. The van der Waals surface area contributed by atoms with E-state index in [4.69, 9.17) is 17.3 Å². The largest absolute Gasteiger partial charge is 0.369 e. The number of hydrogen-bond donors (Lipinski definition) is 2. The number of halogens is 1. The number of benzene rings is 1. The van der Waals surface area contributed by atoms with Gasteiger partial charge in [0, 0.05) is 17.3 Å². The van der Waals surface area contributed by atoms with Gasteiger partial charge in [0.15, 0.2) is 0 Å². The Morgan fingerprint density at radius 1 is 1.29 bits per heavy atom. The fourth-order valence-corrected chi connectivity index (χ4v) is 2.55. The van der Waals surface area contributed by atoms with Crippen LogP contribution in [0.2, 0.25) is 5.02 Å². The van der Waals surface area contributed by atoms with E-state index in [9.17, 15) is 9.59 Å². The molecule has 0 spiro atoms. The van der Waals surface area contributed by atoms with E-state index in [1.165, 1.54) is 30.2 Å². The van der Waals surface area contributed by atoms with E-state index < -0.39 is 5.91 Å². The van der Waals surface area contributed by atoms with Crippen LogP contribution < -0.4 is 11.1 Å². The van der Waals surface area contributed by atoms with E-state index >= 15 is 0 Å². The summed E-state index contributed by atoms with van der Waals surface area (Å²) in [7, 11) is 0. The lowest BCUT2D eigenvalue weighted by molar-refractivity contribution is -0.115. The van der Waals surface area contributed by atoms with Crippen LogP contribution in [-0.4, -0.2) is 22.6 Å². The van der Waals surface area contributed by atoms with Crippen molar-refractivity contribution in [3.63, 3.8) is 0 Å². The predicted octanol–water partition coefficient (Wildman–Crippen LogP) is 2.56. The Hall–Kier alpha value is -2.05. The lowest BCUT2D eigenvalue weighted by atomic mass is 10.2. The number of para-hydroxylation sites is 1. The van der Waals surface area contributed by atoms with Crippen LogP contribution in [0.25, 0.3) is 0 Å². The number of nitrogens with one attached hydrogen (secondary N) is 1. The molecule has 3 N–H and O–H groups in total. The summed E-state index contributed by atoms with van der Waals surface area (Å²) in [5.74, 6) is -0.615. The molecule has 1 aromatic carbocycles. The third-order valence-electron chi connectivity index (χ3n) is 2.52. The molecule has 2 amide bonds. The van der Waals surface area contributed by atoms with Crippen molar-refractivity contribution in [1.82, 2.24) is 4.98 Å². The van der Waals surface area contributed by atoms with Crippen LogP contribution in [0.1, 0.15) is 10.4 Å². The van der Waals surface area contributed by atoms with Crippen LogP contribution in [-0.2, 0) is 4.79 Å². The fourth-order valence-electron chi connectivity index (χ4n) is 1.59. The average Bonchev–Trinajstić information content (AvgIpc) is 2.46. The minimum Gasteiger partial charge on any atom is -0.369 e. The van der Waals surface area contributed by atoms with Crippen LogP contribution in [0.3, 0.4) is 0 Å². The highest BCUT2D eigenvalue weighted by Crippen LogP contribution is 2.27. The molecule has 5 nitrogen and oxygen atoms in total. The van der Waals surface area contributed by atoms with Gasteiger partial charge in [0.05, 0.1) is 22.0 Å². The summed E-state index contributed by atoms with van der Waals surface area (Å²) >= 11 is 7.20. The Kier molecular flexibility index (Phi) is 5.19. The quantitative estimate of drug-likeness (QED) is 0.829. The number of primary amides is 1. The van der Waals surface area contributed by atoms with Crippen molar-refractivity contribution in [1.29, 1.82) is 0 Å². The van der Waals surface area contributed by atoms with Crippen molar-refractivity contribution in [2.45, 2.75) is 4.90 Å². The molecule has 0 bridgehead atoms. The number of rotatable bonds is 5. The van der Waals surface area contributed by atoms with E-state index in [2.05, 4.69) is 10.3 Å². The SMILES string of the molecule is NC(=O)CSc1ccccc1NC(=O)c1ccncc1Cl. The second-order valence-electron chi connectivity index (χ2n) is 4.06. The summed E-state index contributed by atoms with van der Waals surface area (Å²) in [6.45, 7) is 0. The second kappa shape index (κ2) is 7.10. The van der Waals surface area contributed by atoms with E-state index in [0.29, 0.717) is 11.3 Å². The molecule has 2 rings (SSSR count). The highest BCUT2D eigenvalue weighted by Gasteiger charge is 2.12. The number of aromatic nitrogens is 1. The molecular weight excluding hydrogens is 310 g/mol. The first kappa shape index (κ1) is 15.3. The van der Waals surface area contributed by atoms with Gasteiger partial charge in [-0.2, -0.15) is 0 Å². The molecule has 7 heteroatoms. The van der Waals surface area contributed by atoms with Gasteiger partial charge >= 0.3 is 0 Å². The zero-order valence-corrected chi connectivity index (χ0v) is 12.4. The van der Waals surface area contributed by atoms with Gasteiger partial charge in [0.2, 0.25) is 5.91 Å². The van der Waals surface area contributed by atoms with Gasteiger partial charge < -0.3 is 11.1 Å². The average molecular weight is 322 g/mol. The van der Waals surface area contributed by atoms with Gasteiger partial charge in [-0.05, 0) is 18.2 Å². The lowest BCUT2D eigenvalue weighted by Gasteiger charge is -2.10. The van der Waals surface area contributed by atoms with E-state index in [0.717, 1.165) is 4.90 Å². The van der Waals surface area contributed by atoms with Gasteiger partial charge in [0.25, 0.3) is 5.91 Å². The van der Waals surface area contributed by atoms with Crippen LogP contribution in [0.15, 0.2) is 47.6 Å². The molecule has 1 heterocycles. The van der Waals surface area contributed by atoms with Gasteiger partial charge in [-0.3, -0.25) is 14.6 Å². The molecule has 2 aromatic rings. The van der Waals surface area contributed by atoms with E-state index in [1.54, 1.807) is 18.2 Å². The van der Waals surface area contributed by atoms with Crippen molar-refractivity contribution in [3.8, 4) is 0 Å². The summed E-state index contributed by atoms with van der Waals surface area (Å²) in [4.78, 5) is 27.7. The molecule has 0 saturated carbocycles. The molecule has 0 fully saturated rings. The number of amides is 2. The minimum atomic E-state index is -0.418. The number of carbonyl (C=O) groups is 2. The van der Waals surface area contributed by atoms with Gasteiger partial charge in [-0.15, -0.1) is 11.8 Å². The zero-order chi connectivity index (χ0) is 15.2. The Labute approximate surface area is 130 Å². The zero-order valence-electron chi connectivity index (χ0n) is 10.9. The number of nitrogens with zero attached hydrogens (tertiary/aromatic N) is 1. The maximum absolute atomic E-state index is 12.2. The number of carbonyl (C=O) groups excluding carboxylic acids is 2. The van der Waals surface area contributed by atoms with Crippen LogP contribution in [0, 0.1) is 0 Å². The molecule has 0 radical (unpaired) electrons. The Morgan fingerprint density at radius 3 is 2.76 bits per heavy atom. The Balaban J connectivity index is 2.18. The smallest absolute Gasteiger partial charge is 0.257 e. The molecule has 0 saturated heterocycles. The number of thioether (sulfide) groups is 1. The van der Waals surface area contributed by atoms with E-state index in [1.807, 2.05) is 6.07 Å². The highest BCUT2D eigenvalue weighted by molar-refractivity contribution is 8.00. The molecular formula is C14H12ClN3O2S. The summed E-state index contributed by atoms with van der Waals surface area (Å²) in [6, 6.07) is 8.70.